The molecule has 0 saturated heterocycles. The van der Waals surface area contributed by atoms with Crippen LogP contribution in [0.5, 0.6) is 0 Å². The predicted molar refractivity (Wildman–Crippen MR) is 54.3 cm³/mol. The average Bonchev–Trinajstić information content (AvgIpc) is 2.76. The number of Topliss-reactive ketones (excluding diaryl/α,β-unsaturated/α-hetero) is 1. The van der Waals surface area contributed by atoms with Crippen LogP contribution < -0.4 is 0 Å². The fourth-order valence-electron chi connectivity index (χ4n) is 1.14. The molecule has 0 N–H and O–H groups in total. The molecule has 0 saturated carbocycles. The third-order valence-corrected chi connectivity index (χ3v) is 1.92. The monoisotopic (exact) mass is 218 g/mol. The molecule has 0 aliphatic carbocycles. The molecule has 82 valence electrons. The van der Waals surface area contributed by atoms with Crippen LogP contribution in [0.15, 0.2) is 23.0 Å². The van der Waals surface area contributed by atoms with Gasteiger partial charge in [0, 0.05) is 25.2 Å². The van der Waals surface area contributed by atoms with Crippen molar-refractivity contribution < 1.29 is 9.32 Å². The van der Waals surface area contributed by atoms with Gasteiger partial charge in [-0.2, -0.15) is 4.98 Å². The van der Waals surface area contributed by atoms with E-state index in [1.54, 1.807) is 18.5 Å². The minimum absolute atomic E-state index is 0.0933. The summed E-state index contributed by atoms with van der Waals surface area (Å²) in [6.07, 6.45) is 4.06. The van der Waals surface area contributed by atoms with E-state index in [9.17, 15) is 4.79 Å². The summed E-state index contributed by atoms with van der Waals surface area (Å²) >= 11 is 0. The van der Waals surface area contributed by atoms with Crippen LogP contribution in [0.2, 0.25) is 0 Å². The van der Waals surface area contributed by atoms with E-state index >= 15 is 0 Å². The van der Waals surface area contributed by atoms with Crippen molar-refractivity contribution in [3.05, 3.63) is 24.4 Å². The van der Waals surface area contributed by atoms with Gasteiger partial charge in [0.1, 0.15) is 5.78 Å². The molecule has 0 amide bonds. The molecule has 2 rings (SSSR count). The third kappa shape index (κ3) is 2.47. The largest absolute Gasteiger partial charge is 0.339 e. The van der Waals surface area contributed by atoms with Gasteiger partial charge in [0.05, 0.1) is 0 Å². The average molecular weight is 218 g/mol. The summed E-state index contributed by atoms with van der Waals surface area (Å²) in [5.74, 6) is 1.29. The van der Waals surface area contributed by atoms with Gasteiger partial charge in [-0.3, -0.25) is 0 Å². The Morgan fingerprint density at radius 2 is 2.06 bits per heavy atom. The summed E-state index contributed by atoms with van der Waals surface area (Å²) in [5.41, 5.74) is 0. The highest BCUT2D eigenvalue weighted by atomic mass is 16.5. The summed E-state index contributed by atoms with van der Waals surface area (Å²) in [4.78, 5) is 22.9. The number of aromatic nitrogens is 4. The highest BCUT2D eigenvalue weighted by Crippen LogP contribution is 2.10. The Bertz CT molecular complexity index is 481. The van der Waals surface area contributed by atoms with Crippen LogP contribution in [0.1, 0.15) is 19.2 Å². The van der Waals surface area contributed by atoms with E-state index in [0.29, 0.717) is 30.4 Å². The molecule has 6 nitrogen and oxygen atoms in total. The lowest BCUT2D eigenvalue weighted by molar-refractivity contribution is -0.117. The second kappa shape index (κ2) is 4.61. The molecule has 16 heavy (non-hydrogen) atoms. The second-order valence-electron chi connectivity index (χ2n) is 3.29. The highest BCUT2D eigenvalue weighted by molar-refractivity contribution is 5.75. The first-order valence-electron chi connectivity index (χ1n) is 4.85. The van der Waals surface area contributed by atoms with Crippen LogP contribution in [0, 0.1) is 0 Å². The summed E-state index contributed by atoms with van der Waals surface area (Å²) < 4.78 is 4.98. The Labute approximate surface area is 91.7 Å². The summed E-state index contributed by atoms with van der Waals surface area (Å²) in [7, 11) is 0. The predicted octanol–water partition coefficient (Wildman–Crippen LogP) is 1.05. The van der Waals surface area contributed by atoms with Gasteiger partial charge >= 0.3 is 0 Å². The Hall–Kier alpha value is -2.11. The number of ketones is 1. The van der Waals surface area contributed by atoms with Gasteiger partial charge in [0.2, 0.25) is 17.5 Å². The van der Waals surface area contributed by atoms with Crippen LogP contribution in [-0.4, -0.2) is 25.9 Å². The van der Waals surface area contributed by atoms with Gasteiger partial charge in [-0.1, -0.05) is 5.16 Å². The van der Waals surface area contributed by atoms with Crippen molar-refractivity contribution in [2.45, 2.75) is 19.8 Å². The van der Waals surface area contributed by atoms with Gasteiger partial charge in [-0.05, 0) is 13.0 Å². The fourth-order valence-corrected chi connectivity index (χ4v) is 1.14. The maximum absolute atomic E-state index is 10.8. The molecule has 2 heterocycles. The van der Waals surface area contributed by atoms with Crippen LogP contribution in [-0.2, 0) is 11.2 Å². The fraction of sp³-hybridized carbons (Fsp3) is 0.300. The molecule has 0 unspecified atom stereocenters. The number of hydrogen-bond acceptors (Lipinski definition) is 6. The van der Waals surface area contributed by atoms with Gasteiger partial charge in [0.25, 0.3) is 0 Å². The maximum Gasteiger partial charge on any atom is 0.240 e. The van der Waals surface area contributed by atoms with Gasteiger partial charge in [-0.15, -0.1) is 0 Å². The second-order valence-corrected chi connectivity index (χ2v) is 3.29. The van der Waals surface area contributed by atoms with Crippen LogP contribution in [0.3, 0.4) is 0 Å². The molecule has 0 radical (unpaired) electrons. The maximum atomic E-state index is 10.8. The smallest absolute Gasteiger partial charge is 0.240 e. The molecule has 0 spiro atoms. The number of carbonyl (C=O) groups is 1. The topological polar surface area (TPSA) is 81.8 Å². The van der Waals surface area contributed by atoms with Crippen molar-refractivity contribution in [1.82, 2.24) is 20.1 Å². The first kappa shape index (κ1) is 10.4. The quantitative estimate of drug-likeness (QED) is 0.762. The van der Waals surface area contributed by atoms with E-state index in [2.05, 4.69) is 20.1 Å². The number of rotatable bonds is 4. The van der Waals surface area contributed by atoms with Crippen molar-refractivity contribution in [3.63, 3.8) is 0 Å². The normalized spacial score (nSPS) is 10.3. The minimum Gasteiger partial charge on any atom is -0.339 e. The molecule has 0 aliphatic heterocycles. The van der Waals surface area contributed by atoms with Crippen LogP contribution in [0.25, 0.3) is 11.6 Å². The van der Waals surface area contributed by atoms with Gasteiger partial charge in [0.15, 0.2) is 0 Å². The zero-order chi connectivity index (χ0) is 11.4. The lowest BCUT2D eigenvalue weighted by Crippen LogP contribution is -1.94. The van der Waals surface area contributed by atoms with Crippen molar-refractivity contribution >= 4 is 5.78 Å². The summed E-state index contributed by atoms with van der Waals surface area (Å²) in [6.45, 7) is 1.53. The Morgan fingerprint density at radius 3 is 2.75 bits per heavy atom. The Morgan fingerprint density at radius 1 is 1.31 bits per heavy atom. The molecular weight excluding hydrogens is 208 g/mol. The summed E-state index contributed by atoms with van der Waals surface area (Å²) in [5, 5.41) is 3.74. The molecule has 0 aliphatic rings. The minimum atomic E-state index is 0.0933. The zero-order valence-electron chi connectivity index (χ0n) is 8.75. The molecule has 0 aromatic carbocycles. The number of nitrogens with zero attached hydrogens (tertiary/aromatic N) is 4. The zero-order valence-corrected chi connectivity index (χ0v) is 8.75. The van der Waals surface area contributed by atoms with E-state index in [0.717, 1.165) is 0 Å². The first-order valence-corrected chi connectivity index (χ1v) is 4.85. The molecule has 2 aromatic rings. The molecule has 0 fully saturated rings. The molecular formula is C10H10N4O2. The lowest BCUT2D eigenvalue weighted by Gasteiger charge is -1.89. The van der Waals surface area contributed by atoms with Crippen LogP contribution >= 0.6 is 0 Å². The van der Waals surface area contributed by atoms with E-state index in [-0.39, 0.29) is 5.78 Å². The van der Waals surface area contributed by atoms with Crippen molar-refractivity contribution in [3.8, 4) is 11.6 Å². The number of hydrogen-bond donors (Lipinski definition) is 0. The van der Waals surface area contributed by atoms with Gasteiger partial charge < -0.3 is 9.32 Å². The van der Waals surface area contributed by atoms with E-state index in [4.69, 9.17) is 4.52 Å². The molecule has 0 atom stereocenters. The molecule has 0 bridgehead atoms. The third-order valence-electron chi connectivity index (χ3n) is 1.92. The lowest BCUT2D eigenvalue weighted by atomic mass is 10.2. The van der Waals surface area contributed by atoms with E-state index in [1.165, 1.54) is 6.92 Å². The van der Waals surface area contributed by atoms with Crippen molar-refractivity contribution in [2.75, 3.05) is 0 Å². The van der Waals surface area contributed by atoms with E-state index in [1.807, 2.05) is 0 Å². The van der Waals surface area contributed by atoms with Crippen molar-refractivity contribution in [1.29, 1.82) is 0 Å². The first-order chi connectivity index (χ1) is 7.75. The van der Waals surface area contributed by atoms with Crippen LogP contribution in [0.4, 0.5) is 0 Å². The highest BCUT2D eigenvalue weighted by Gasteiger charge is 2.10. The number of carbonyl (C=O) groups excluding carboxylic acids is 1. The Balaban J connectivity index is 2.11. The molecule has 6 heteroatoms. The SMILES string of the molecule is CC(=O)CCc1nc(-c2ncccn2)no1. The standard InChI is InChI=1S/C10H10N4O2/c1-7(15)3-4-8-13-10(14-16-8)9-11-5-2-6-12-9/h2,5-6H,3-4H2,1H3. The van der Waals surface area contributed by atoms with Crippen molar-refractivity contribution in [2.24, 2.45) is 0 Å². The number of aryl methyl sites for hydroxylation is 1. The Kier molecular flexibility index (Phi) is 3.00. The molecule has 2 aromatic heterocycles. The summed E-state index contributed by atoms with van der Waals surface area (Å²) in [6, 6.07) is 1.71. The van der Waals surface area contributed by atoms with E-state index < -0.39 is 0 Å². The van der Waals surface area contributed by atoms with Gasteiger partial charge in [-0.25, -0.2) is 9.97 Å².